The van der Waals surface area contributed by atoms with Crippen LogP contribution >= 0.6 is 11.6 Å². The lowest BCUT2D eigenvalue weighted by molar-refractivity contribution is 0.446. The van der Waals surface area contributed by atoms with E-state index in [1.54, 1.807) is 0 Å². The highest BCUT2D eigenvalue weighted by Crippen LogP contribution is 2.22. The molecule has 18 heavy (non-hydrogen) atoms. The summed E-state index contributed by atoms with van der Waals surface area (Å²) in [5.41, 5.74) is 0.537. The van der Waals surface area contributed by atoms with Gasteiger partial charge in [0.05, 0.1) is 17.3 Å². The van der Waals surface area contributed by atoms with Gasteiger partial charge in [-0.25, -0.2) is 17.9 Å². The SMILES string of the molecule is CCC(Cl)c1cn(-c2cc(F)c(F)c(F)c2)nn1. The number of benzene rings is 1. The van der Waals surface area contributed by atoms with Gasteiger partial charge in [-0.2, -0.15) is 0 Å². The van der Waals surface area contributed by atoms with Crippen molar-refractivity contribution in [3.63, 3.8) is 0 Å². The van der Waals surface area contributed by atoms with Crippen molar-refractivity contribution in [2.75, 3.05) is 0 Å². The third kappa shape index (κ3) is 2.33. The molecule has 96 valence electrons. The molecule has 0 saturated heterocycles. The molecule has 0 saturated carbocycles. The zero-order valence-electron chi connectivity index (χ0n) is 9.37. The summed E-state index contributed by atoms with van der Waals surface area (Å²) < 4.78 is 40.1. The number of halogens is 4. The summed E-state index contributed by atoms with van der Waals surface area (Å²) in [5, 5.41) is 7.16. The molecular formula is C11H9ClF3N3. The van der Waals surface area contributed by atoms with Crippen LogP contribution in [0.5, 0.6) is 0 Å². The topological polar surface area (TPSA) is 30.7 Å². The summed E-state index contributed by atoms with van der Waals surface area (Å²) >= 11 is 5.96. The second-order valence-corrected chi connectivity index (χ2v) is 4.21. The standard InChI is InChI=1S/C11H9ClF3N3/c1-2-7(12)10-5-18(17-16-10)6-3-8(13)11(15)9(14)4-6/h3-5,7H,2H2,1H3. The van der Waals surface area contributed by atoms with Crippen molar-refractivity contribution in [1.82, 2.24) is 15.0 Å². The molecule has 0 aliphatic heterocycles. The smallest absolute Gasteiger partial charge is 0.194 e. The minimum Gasteiger partial charge on any atom is -0.220 e. The van der Waals surface area contributed by atoms with Gasteiger partial charge >= 0.3 is 0 Å². The van der Waals surface area contributed by atoms with Gasteiger partial charge in [-0.15, -0.1) is 16.7 Å². The molecule has 3 nitrogen and oxygen atoms in total. The average Bonchev–Trinajstić information content (AvgIpc) is 2.84. The van der Waals surface area contributed by atoms with Gasteiger partial charge in [0.15, 0.2) is 17.5 Å². The third-order valence-corrected chi connectivity index (χ3v) is 2.96. The first-order valence-corrected chi connectivity index (χ1v) is 5.67. The maximum atomic E-state index is 13.1. The van der Waals surface area contributed by atoms with Crippen molar-refractivity contribution in [2.24, 2.45) is 0 Å². The van der Waals surface area contributed by atoms with Gasteiger partial charge in [-0.05, 0) is 6.42 Å². The molecule has 0 radical (unpaired) electrons. The van der Waals surface area contributed by atoms with Crippen molar-refractivity contribution >= 4 is 11.6 Å². The molecule has 0 aliphatic carbocycles. The van der Waals surface area contributed by atoms with Gasteiger partial charge in [0, 0.05) is 12.1 Å². The predicted molar refractivity (Wildman–Crippen MR) is 60.1 cm³/mol. The van der Waals surface area contributed by atoms with E-state index in [0.29, 0.717) is 12.1 Å². The molecule has 0 amide bonds. The van der Waals surface area contributed by atoms with Crippen LogP contribution in [0.1, 0.15) is 24.4 Å². The van der Waals surface area contributed by atoms with Crippen LogP contribution in [0.3, 0.4) is 0 Å². The molecule has 0 spiro atoms. The molecular weight excluding hydrogens is 267 g/mol. The van der Waals surface area contributed by atoms with Gasteiger partial charge in [0.25, 0.3) is 0 Å². The highest BCUT2D eigenvalue weighted by Gasteiger charge is 2.14. The Bertz CT molecular complexity index is 547. The molecule has 0 fully saturated rings. The zero-order chi connectivity index (χ0) is 13.3. The van der Waals surface area contributed by atoms with Crippen LogP contribution in [0.2, 0.25) is 0 Å². The molecule has 7 heteroatoms. The molecule has 0 N–H and O–H groups in total. The molecule has 0 aliphatic rings. The average molecular weight is 276 g/mol. The Kier molecular flexibility index (Phi) is 3.56. The second kappa shape index (κ2) is 4.97. The zero-order valence-corrected chi connectivity index (χ0v) is 10.1. The van der Waals surface area contributed by atoms with E-state index in [0.717, 1.165) is 16.8 Å². The monoisotopic (exact) mass is 275 g/mol. The van der Waals surface area contributed by atoms with E-state index >= 15 is 0 Å². The summed E-state index contributed by atoms with van der Waals surface area (Å²) in [4.78, 5) is 0. The van der Waals surface area contributed by atoms with Gasteiger partial charge in [0.2, 0.25) is 0 Å². The number of alkyl halides is 1. The number of hydrogen-bond donors (Lipinski definition) is 0. The lowest BCUT2D eigenvalue weighted by Gasteiger charge is -2.02. The van der Waals surface area contributed by atoms with Gasteiger partial charge in [-0.3, -0.25) is 0 Å². The summed E-state index contributed by atoms with van der Waals surface area (Å²) in [6.07, 6.45) is 2.10. The van der Waals surface area contributed by atoms with Crippen LogP contribution in [0.25, 0.3) is 5.69 Å². The van der Waals surface area contributed by atoms with E-state index in [1.165, 1.54) is 6.20 Å². The van der Waals surface area contributed by atoms with Crippen molar-refractivity contribution in [3.8, 4) is 5.69 Å². The molecule has 1 aromatic heterocycles. The Morgan fingerprint density at radius 1 is 1.28 bits per heavy atom. The van der Waals surface area contributed by atoms with Crippen LogP contribution < -0.4 is 0 Å². The van der Waals surface area contributed by atoms with Crippen LogP contribution in [0.4, 0.5) is 13.2 Å². The number of hydrogen-bond acceptors (Lipinski definition) is 2. The van der Waals surface area contributed by atoms with Crippen LogP contribution in [-0.4, -0.2) is 15.0 Å². The molecule has 1 unspecified atom stereocenters. The molecule has 2 rings (SSSR count). The highest BCUT2D eigenvalue weighted by molar-refractivity contribution is 6.20. The van der Waals surface area contributed by atoms with E-state index < -0.39 is 17.5 Å². The molecule has 1 heterocycles. The third-order valence-electron chi connectivity index (χ3n) is 2.42. The highest BCUT2D eigenvalue weighted by atomic mass is 35.5. The van der Waals surface area contributed by atoms with Crippen LogP contribution in [0, 0.1) is 17.5 Å². The Hall–Kier alpha value is -1.56. The number of nitrogens with zero attached hydrogens (tertiary/aromatic N) is 3. The Morgan fingerprint density at radius 3 is 2.44 bits per heavy atom. The van der Waals surface area contributed by atoms with E-state index in [9.17, 15) is 13.2 Å². The molecule has 1 aromatic carbocycles. The number of aromatic nitrogens is 3. The number of rotatable bonds is 3. The summed E-state index contributed by atoms with van der Waals surface area (Å²) in [6.45, 7) is 1.87. The van der Waals surface area contributed by atoms with E-state index in [4.69, 9.17) is 11.6 Å². The summed E-state index contributed by atoms with van der Waals surface area (Å²) in [7, 11) is 0. The first-order valence-electron chi connectivity index (χ1n) is 5.24. The fourth-order valence-corrected chi connectivity index (χ4v) is 1.53. The van der Waals surface area contributed by atoms with Crippen molar-refractivity contribution in [2.45, 2.75) is 18.7 Å². The minimum absolute atomic E-state index is 0.0464. The van der Waals surface area contributed by atoms with Crippen LogP contribution in [0.15, 0.2) is 18.3 Å². The van der Waals surface area contributed by atoms with E-state index in [-0.39, 0.29) is 11.1 Å². The van der Waals surface area contributed by atoms with Crippen LogP contribution in [-0.2, 0) is 0 Å². The minimum atomic E-state index is -1.51. The van der Waals surface area contributed by atoms with E-state index in [1.807, 2.05) is 6.92 Å². The molecule has 2 aromatic rings. The predicted octanol–water partition coefficient (Wildman–Crippen LogP) is 3.37. The van der Waals surface area contributed by atoms with Gasteiger partial charge in [-0.1, -0.05) is 12.1 Å². The normalized spacial score (nSPS) is 12.7. The maximum absolute atomic E-state index is 13.1. The van der Waals surface area contributed by atoms with E-state index in [2.05, 4.69) is 10.3 Å². The fraction of sp³-hybridized carbons (Fsp3) is 0.273. The summed E-state index contributed by atoms with van der Waals surface area (Å²) in [5.74, 6) is -4.07. The first kappa shape index (κ1) is 12.9. The largest absolute Gasteiger partial charge is 0.220 e. The Morgan fingerprint density at radius 2 is 1.89 bits per heavy atom. The lowest BCUT2D eigenvalue weighted by Crippen LogP contribution is -1.99. The Balaban J connectivity index is 2.40. The quantitative estimate of drug-likeness (QED) is 0.635. The summed E-state index contributed by atoms with van der Waals surface area (Å²) in [6, 6.07) is 1.68. The van der Waals surface area contributed by atoms with Crippen molar-refractivity contribution in [1.29, 1.82) is 0 Å². The lowest BCUT2D eigenvalue weighted by atomic mass is 10.2. The van der Waals surface area contributed by atoms with Crippen molar-refractivity contribution < 1.29 is 13.2 Å². The molecule has 1 atom stereocenters. The van der Waals surface area contributed by atoms with Gasteiger partial charge in [0.1, 0.15) is 5.69 Å². The molecule has 0 bridgehead atoms. The van der Waals surface area contributed by atoms with Crippen molar-refractivity contribution in [3.05, 3.63) is 41.5 Å². The fourth-order valence-electron chi connectivity index (χ4n) is 1.43. The maximum Gasteiger partial charge on any atom is 0.194 e. The van der Waals surface area contributed by atoms with Gasteiger partial charge < -0.3 is 0 Å². The first-order chi connectivity index (χ1) is 8.52. The Labute approximate surface area is 106 Å². The second-order valence-electron chi connectivity index (χ2n) is 3.69.